The third kappa shape index (κ3) is 6.01. The molecule has 3 heteroatoms. The van der Waals surface area contributed by atoms with E-state index < -0.39 is 7.26 Å². The third-order valence-corrected chi connectivity index (χ3v) is 13.2. The van der Waals surface area contributed by atoms with Gasteiger partial charge in [-0.05, 0) is 12.8 Å². The molecule has 1 saturated carbocycles. The van der Waals surface area contributed by atoms with Crippen molar-refractivity contribution in [2.45, 2.75) is 44.7 Å². The van der Waals surface area contributed by atoms with Gasteiger partial charge in [-0.25, -0.2) is 0 Å². The van der Waals surface area contributed by atoms with Crippen LogP contribution in [-0.2, 0) is 6.54 Å². The zero-order valence-electron chi connectivity index (χ0n) is 23.5. The fourth-order valence-corrected chi connectivity index (χ4v) is 11.0. The van der Waals surface area contributed by atoms with Crippen molar-refractivity contribution in [3.8, 4) is 11.1 Å². The Hall–Kier alpha value is -4.09. The fraction of sp³-hybridized carbons (Fsp3) is 0.184. The summed E-state index contributed by atoms with van der Waals surface area (Å²) in [6, 6.07) is 54.6. The van der Waals surface area contributed by atoms with E-state index in [1.807, 2.05) is 0 Å². The molecule has 0 atom stereocenters. The van der Waals surface area contributed by atoms with Crippen LogP contribution in [0.15, 0.2) is 150 Å². The van der Waals surface area contributed by atoms with Crippen molar-refractivity contribution >= 4 is 34.5 Å². The van der Waals surface area contributed by atoms with Gasteiger partial charge < -0.3 is 0 Å². The van der Waals surface area contributed by atoms with Gasteiger partial charge >= 0.3 is 207 Å². The first-order chi connectivity index (χ1) is 20.3. The van der Waals surface area contributed by atoms with E-state index in [0.29, 0.717) is 12.6 Å². The van der Waals surface area contributed by atoms with E-state index in [1.165, 1.54) is 70.0 Å². The van der Waals surface area contributed by atoms with E-state index >= 15 is 0 Å². The van der Waals surface area contributed by atoms with Gasteiger partial charge in [0, 0.05) is 0 Å². The maximum atomic E-state index is 4.54. The molecule has 2 nitrogen and oxygen atoms in total. The van der Waals surface area contributed by atoms with Crippen molar-refractivity contribution in [2.24, 2.45) is 9.98 Å². The Morgan fingerprint density at radius 1 is 0.512 bits per heavy atom. The van der Waals surface area contributed by atoms with Gasteiger partial charge in [0.1, 0.15) is 0 Å². The van der Waals surface area contributed by atoms with Crippen LogP contribution in [0.4, 0.5) is 0 Å². The van der Waals surface area contributed by atoms with Gasteiger partial charge in [0.15, 0.2) is 0 Å². The monoisotopic (exact) mass is 552 g/mol. The minimum absolute atomic E-state index is 0.422. The van der Waals surface area contributed by atoms with Crippen LogP contribution in [0.5, 0.6) is 0 Å². The number of hydrogen-bond donors (Lipinski definition) is 0. The van der Waals surface area contributed by atoms with Crippen LogP contribution >= 0.6 is 7.26 Å². The summed E-state index contributed by atoms with van der Waals surface area (Å²) in [4.78, 5) is 8.99. The Morgan fingerprint density at radius 2 is 0.951 bits per heavy atom. The van der Waals surface area contributed by atoms with Crippen molar-refractivity contribution in [3.05, 3.63) is 145 Å². The Bertz CT molecular complexity index is 1490. The summed E-state index contributed by atoms with van der Waals surface area (Å²) in [7, 11) is -2.49. The zero-order chi connectivity index (χ0) is 27.7. The summed E-state index contributed by atoms with van der Waals surface area (Å²) in [5, 5.41) is 5.55. The van der Waals surface area contributed by atoms with E-state index in [4.69, 9.17) is 0 Å². The normalized spacial score (nSPS) is 14.1. The molecule has 1 aliphatic rings. The molecule has 0 saturated heterocycles. The molecule has 1 aliphatic carbocycles. The summed E-state index contributed by atoms with van der Waals surface area (Å²) < 4.78 is 0. The van der Waals surface area contributed by atoms with Crippen LogP contribution < -0.4 is 21.2 Å². The van der Waals surface area contributed by atoms with Crippen LogP contribution in [0.1, 0.15) is 37.7 Å². The summed E-state index contributed by atoms with van der Waals surface area (Å²) in [5.41, 5.74) is 3.62. The van der Waals surface area contributed by atoms with E-state index in [1.54, 1.807) is 0 Å². The molecule has 0 unspecified atom stereocenters. The van der Waals surface area contributed by atoms with Crippen LogP contribution in [-0.4, -0.2) is 12.1 Å². The maximum absolute atomic E-state index is 4.54. The number of hydrogen-bond acceptors (Lipinski definition) is 2. The van der Waals surface area contributed by atoms with Gasteiger partial charge in [-0.1, -0.05) is 19.3 Å². The predicted molar refractivity (Wildman–Crippen MR) is 178 cm³/mol. The van der Waals surface area contributed by atoms with Crippen molar-refractivity contribution < 1.29 is 0 Å². The predicted octanol–water partition coefficient (Wildman–Crippen LogP) is 7.71. The van der Waals surface area contributed by atoms with E-state index in [2.05, 4.69) is 156 Å². The van der Waals surface area contributed by atoms with Crippen LogP contribution in [0.3, 0.4) is 0 Å². The third-order valence-electron chi connectivity index (χ3n) is 8.37. The van der Waals surface area contributed by atoms with Gasteiger partial charge in [0.25, 0.3) is 0 Å². The minimum atomic E-state index is -2.49. The first-order valence-corrected chi connectivity index (χ1v) is 16.8. The molecule has 0 bridgehead atoms. The molecule has 0 spiro atoms. The van der Waals surface area contributed by atoms with Gasteiger partial charge in [0.05, 0.1) is 6.04 Å². The fourth-order valence-electron chi connectivity index (χ4n) is 6.24. The van der Waals surface area contributed by atoms with E-state index in [-0.39, 0.29) is 0 Å². The second-order valence-corrected chi connectivity index (χ2v) is 14.8. The Morgan fingerprint density at radius 3 is 1.44 bits per heavy atom. The molecule has 0 radical (unpaired) electrons. The van der Waals surface area contributed by atoms with E-state index in [9.17, 15) is 0 Å². The quantitative estimate of drug-likeness (QED) is 0.139. The minimum Gasteiger partial charge on any atom is -0.0532 e. The average molecular weight is 553 g/mol. The topological polar surface area (TPSA) is 24.7 Å². The summed E-state index contributed by atoms with van der Waals surface area (Å²) in [5.74, 6) is 0. The summed E-state index contributed by atoms with van der Waals surface area (Å²) in [6.07, 6.45) is 6.27. The van der Waals surface area contributed by atoms with Crippen molar-refractivity contribution in [3.63, 3.8) is 0 Å². The molecule has 0 heterocycles. The van der Waals surface area contributed by atoms with Crippen LogP contribution in [0.25, 0.3) is 11.1 Å². The smallest absolute Gasteiger partial charge is 0.0532 e. The second kappa shape index (κ2) is 13.0. The van der Waals surface area contributed by atoms with Crippen LogP contribution in [0, 0.1) is 0 Å². The number of rotatable bonds is 8. The van der Waals surface area contributed by atoms with Crippen molar-refractivity contribution in [1.29, 1.82) is 0 Å². The standard InChI is InChI=1S/C38H37N2P/c1-5-13-34(14-6-1)40-30-39-29-31-21-23-32(24-22-31)33-25-27-38(28-26-33)41(35-15-7-2-8-16-35,36-17-9-3-10-18-36)37-19-11-4-12-20-37/h2-4,7-12,15-28,34,41H,1,5-6,13-14,29H2. The summed E-state index contributed by atoms with van der Waals surface area (Å²) in [6.45, 7) is 0.620. The van der Waals surface area contributed by atoms with Crippen molar-refractivity contribution in [1.82, 2.24) is 0 Å². The second-order valence-electron chi connectivity index (χ2n) is 11.0. The summed E-state index contributed by atoms with van der Waals surface area (Å²) >= 11 is 0. The molecule has 41 heavy (non-hydrogen) atoms. The number of benzene rings is 5. The van der Waals surface area contributed by atoms with Gasteiger partial charge in [-0.3, -0.25) is 0 Å². The average Bonchev–Trinajstić information content (AvgIpc) is 3.06. The van der Waals surface area contributed by atoms with Crippen LogP contribution in [0.2, 0.25) is 0 Å². The first-order valence-electron chi connectivity index (χ1n) is 14.8. The molecular weight excluding hydrogens is 515 g/mol. The molecule has 0 aliphatic heterocycles. The molecule has 204 valence electrons. The Kier molecular flexibility index (Phi) is 8.63. The molecule has 0 aromatic heterocycles. The zero-order valence-corrected chi connectivity index (χ0v) is 24.5. The van der Waals surface area contributed by atoms with Gasteiger partial charge in [-0.15, -0.1) is 0 Å². The number of aliphatic imine (C=N–C) groups is 2. The molecule has 5 aromatic carbocycles. The molecule has 0 amide bonds. The Balaban J connectivity index is 1.30. The van der Waals surface area contributed by atoms with Gasteiger partial charge in [-0.2, -0.15) is 0 Å². The molecular formula is C38H37N2P. The number of nitrogens with zero attached hydrogens (tertiary/aromatic N) is 2. The molecule has 0 N–H and O–H groups in total. The van der Waals surface area contributed by atoms with E-state index in [0.717, 1.165) is 0 Å². The van der Waals surface area contributed by atoms with Crippen molar-refractivity contribution in [2.75, 3.05) is 0 Å². The first kappa shape index (κ1) is 27.1. The molecule has 5 aromatic rings. The Labute approximate surface area is 244 Å². The SMILES string of the molecule is C(=NCc1ccc(-c2ccc([PH](c3ccccc3)(c3ccccc3)c3ccccc3)cc2)cc1)=NC1CCCCC1. The molecule has 6 rings (SSSR count). The van der Waals surface area contributed by atoms with Gasteiger partial charge in [0.2, 0.25) is 0 Å². The molecule has 1 fully saturated rings.